The van der Waals surface area contributed by atoms with Crippen molar-refractivity contribution in [1.82, 2.24) is 20.2 Å². The van der Waals surface area contributed by atoms with Gasteiger partial charge in [0.25, 0.3) is 0 Å². The van der Waals surface area contributed by atoms with E-state index in [-0.39, 0.29) is 0 Å². The van der Waals surface area contributed by atoms with Gasteiger partial charge in [-0.15, -0.1) is 0 Å². The van der Waals surface area contributed by atoms with Gasteiger partial charge in [0.1, 0.15) is 11.5 Å². The summed E-state index contributed by atoms with van der Waals surface area (Å²) in [5.74, 6) is 1.87. The maximum Gasteiger partial charge on any atom is 0.219 e. The van der Waals surface area contributed by atoms with E-state index in [9.17, 15) is 0 Å². The minimum atomic E-state index is 0.515. The molecule has 0 amide bonds. The summed E-state index contributed by atoms with van der Waals surface area (Å²) in [6, 6.07) is 15.1. The molecule has 0 saturated heterocycles. The fourth-order valence-electron chi connectivity index (χ4n) is 2.52. The third-order valence-electron chi connectivity index (χ3n) is 3.62. The normalized spacial score (nSPS) is 10.7. The van der Waals surface area contributed by atoms with Crippen LogP contribution < -0.4 is 9.47 Å². The van der Waals surface area contributed by atoms with Crippen molar-refractivity contribution in [3.63, 3.8) is 0 Å². The molecule has 0 aliphatic carbocycles. The second-order valence-electron chi connectivity index (χ2n) is 5.11. The van der Waals surface area contributed by atoms with E-state index < -0.39 is 0 Å². The average Bonchev–Trinajstić information content (AvgIpc) is 3.05. The third kappa shape index (κ3) is 2.54. The van der Waals surface area contributed by atoms with Gasteiger partial charge in [0.05, 0.1) is 24.4 Å². The molecule has 0 bridgehead atoms. The average molecular weight is 318 g/mol. The fraction of sp³-hybridized carbons (Fsp3) is 0.0556. The van der Waals surface area contributed by atoms with Gasteiger partial charge in [-0.25, -0.2) is 9.97 Å². The minimum Gasteiger partial charge on any atom is -0.496 e. The van der Waals surface area contributed by atoms with E-state index in [2.05, 4.69) is 20.2 Å². The zero-order valence-corrected chi connectivity index (χ0v) is 12.9. The lowest BCUT2D eigenvalue weighted by molar-refractivity contribution is 0.416. The Morgan fingerprint density at radius 3 is 2.71 bits per heavy atom. The smallest absolute Gasteiger partial charge is 0.219 e. The number of para-hydroxylation sites is 1. The van der Waals surface area contributed by atoms with E-state index >= 15 is 0 Å². The molecular formula is C18H14N4O2. The van der Waals surface area contributed by atoms with Crippen molar-refractivity contribution >= 4 is 11.0 Å². The lowest BCUT2D eigenvalue weighted by Gasteiger charge is -2.07. The molecule has 1 aromatic carbocycles. The molecule has 0 atom stereocenters. The van der Waals surface area contributed by atoms with Crippen LogP contribution in [-0.2, 0) is 0 Å². The van der Waals surface area contributed by atoms with Crippen molar-refractivity contribution < 1.29 is 9.47 Å². The van der Waals surface area contributed by atoms with Crippen LogP contribution in [-0.4, -0.2) is 27.3 Å². The van der Waals surface area contributed by atoms with Crippen LogP contribution in [0, 0.1) is 0 Å². The number of aromatic amines is 1. The number of H-pyrrole nitrogens is 1. The quantitative estimate of drug-likeness (QED) is 0.619. The Hall–Kier alpha value is -3.41. The van der Waals surface area contributed by atoms with E-state index in [1.165, 1.54) is 0 Å². The van der Waals surface area contributed by atoms with Crippen LogP contribution >= 0.6 is 0 Å². The number of pyridine rings is 2. The first-order valence-corrected chi connectivity index (χ1v) is 7.41. The monoisotopic (exact) mass is 318 g/mol. The van der Waals surface area contributed by atoms with Crippen molar-refractivity contribution in [1.29, 1.82) is 0 Å². The number of nitrogens with zero attached hydrogens (tertiary/aromatic N) is 3. The van der Waals surface area contributed by atoms with Gasteiger partial charge in [-0.1, -0.05) is 18.2 Å². The van der Waals surface area contributed by atoms with Crippen LogP contribution in [0.25, 0.3) is 22.3 Å². The van der Waals surface area contributed by atoms with Gasteiger partial charge < -0.3 is 9.47 Å². The largest absolute Gasteiger partial charge is 0.496 e. The highest BCUT2D eigenvalue weighted by Gasteiger charge is 2.14. The van der Waals surface area contributed by atoms with Gasteiger partial charge in [0, 0.05) is 17.8 Å². The molecule has 6 nitrogen and oxygen atoms in total. The first-order chi connectivity index (χ1) is 11.8. The predicted octanol–water partition coefficient (Wildman–Crippen LogP) is 3.82. The molecule has 0 unspecified atom stereocenters. The molecule has 24 heavy (non-hydrogen) atoms. The molecule has 3 aromatic heterocycles. The molecule has 0 fully saturated rings. The first kappa shape index (κ1) is 14.2. The van der Waals surface area contributed by atoms with Gasteiger partial charge in [-0.3, -0.25) is 5.10 Å². The number of rotatable bonds is 4. The number of ether oxygens (including phenoxy) is 2. The SMILES string of the molecule is COc1ccccc1-c1[nH]nc2ncc(Oc3ccccn3)cc12. The summed E-state index contributed by atoms with van der Waals surface area (Å²) in [6.07, 6.45) is 3.31. The van der Waals surface area contributed by atoms with E-state index in [0.29, 0.717) is 17.3 Å². The van der Waals surface area contributed by atoms with Crippen molar-refractivity contribution in [2.24, 2.45) is 0 Å². The summed E-state index contributed by atoms with van der Waals surface area (Å²) < 4.78 is 11.2. The topological polar surface area (TPSA) is 72.9 Å². The van der Waals surface area contributed by atoms with Gasteiger partial charge in [0.2, 0.25) is 5.88 Å². The second kappa shape index (κ2) is 6.00. The van der Waals surface area contributed by atoms with Gasteiger partial charge in [0.15, 0.2) is 5.65 Å². The molecule has 4 aromatic rings. The molecule has 6 heteroatoms. The molecule has 0 aliphatic rings. The molecule has 118 valence electrons. The molecule has 4 rings (SSSR count). The lowest BCUT2D eigenvalue weighted by atomic mass is 10.1. The van der Waals surface area contributed by atoms with Crippen LogP contribution in [0.3, 0.4) is 0 Å². The standard InChI is InChI=1S/C18H14N4O2/c1-23-15-7-3-2-6-13(15)17-14-10-12(11-20-18(14)22-21-17)24-16-8-4-5-9-19-16/h2-11H,1H3,(H,20,21,22). The number of methoxy groups -OCH3 is 1. The van der Waals surface area contributed by atoms with E-state index in [1.54, 1.807) is 25.6 Å². The highest BCUT2D eigenvalue weighted by Crippen LogP contribution is 2.34. The van der Waals surface area contributed by atoms with Gasteiger partial charge in [-0.2, -0.15) is 5.10 Å². The summed E-state index contributed by atoms with van der Waals surface area (Å²) in [6.45, 7) is 0. The predicted molar refractivity (Wildman–Crippen MR) is 90.2 cm³/mol. The summed E-state index contributed by atoms with van der Waals surface area (Å²) in [4.78, 5) is 8.50. The van der Waals surface area contributed by atoms with Crippen LogP contribution in [0.5, 0.6) is 17.4 Å². The number of benzene rings is 1. The number of hydrogen-bond donors (Lipinski definition) is 1. The highest BCUT2D eigenvalue weighted by molar-refractivity contribution is 5.93. The van der Waals surface area contributed by atoms with Crippen LogP contribution in [0.15, 0.2) is 60.9 Å². The summed E-state index contributed by atoms with van der Waals surface area (Å²) >= 11 is 0. The van der Waals surface area contributed by atoms with Crippen molar-refractivity contribution in [3.8, 4) is 28.6 Å². The van der Waals surface area contributed by atoms with Crippen LogP contribution in [0.4, 0.5) is 0 Å². The molecule has 3 heterocycles. The highest BCUT2D eigenvalue weighted by atomic mass is 16.5. The van der Waals surface area contributed by atoms with E-state index in [0.717, 1.165) is 22.4 Å². The molecule has 1 N–H and O–H groups in total. The van der Waals surface area contributed by atoms with E-state index in [1.807, 2.05) is 42.5 Å². The maximum absolute atomic E-state index is 5.76. The van der Waals surface area contributed by atoms with E-state index in [4.69, 9.17) is 9.47 Å². The number of aromatic nitrogens is 4. The molecule has 0 aliphatic heterocycles. The fourth-order valence-corrected chi connectivity index (χ4v) is 2.52. The molecular weight excluding hydrogens is 304 g/mol. The lowest BCUT2D eigenvalue weighted by Crippen LogP contribution is -1.89. The Balaban J connectivity index is 1.79. The zero-order valence-electron chi connectivity index (χ0n) is 12.9. The molecule has 0 saturated carbocycles. The van der Waals surface area contributed by atoms with Crippen molar-refractivity contribution in [2.75, 3.05) is 7.11 Å². The maximum atomic E-state index is 5.76. The Morgan fingerprint density at radius 2 is 1.88 bits per heavy atom. The Morgan fingerprint density at radius 1 is 1.00 bits per heavy atom. The Bertz CT molecular complexity index is 983. The van der Waals surface area contributed by atoms with Gasteiger partial charge in [-0.05, 0) is 24.3 Å². The zero-order chi connectivity index (χ0) is 16.4. The second-order valence-corrected chi connectivity index (χ2v) is 5.11. The third-order valence-corrected chi connectivity index (χ3v) is 3.62. The molecule has 0 radical (unpaired) electrons. The Kier molecular flexibility index (Phi) is 3.55. The summed E-state index contributed by atoms with van der Waals surface area (Å²) in [7, 11) is 1.64. The van der Waals surface area contributed by atoms with Crippen LogP contribution in [0.1, 0.15) is 0 Å². The summed E-state index contributed by atoms with van der Waals surface area (Å²) in [5, 5.41) is 8.14. The first-order valence-electron chi connectivity index (χ1n) is 7.41. The van der Waals surface area contributed by atoms with Crippen LogP contribution in [0.2, 0.25) is 0 Å². The number of hydrogen-bond acceptors (Lipinski definition) is 5. The summed E-state index contributed by atoms with van der Waals surface area (Å²) in [5.41, 5.74) is 2.37. The Labute approximate surface area is 138 Å². The van der Waals surface area contributed by atoms with Crippen molar-refractivity contribution in [3.05, 3.63) is 60.9 Å². The number of nitrogens with one attached hydrogen (secondary N) is 1. The number of fused-ring (bicyclic) bond motifs is 1. The minimum absolute atomic E-state index is 0.515. The van der Waals surface area contributed by atoms with Gasteiger partial charge >= 0.3 is 0 Å². The molecule has 0 spiro atoms. The van der Waals surface area contributed by atoms with Crippen molar-refractivity contribution in [2.45, 2.75) is 0 Å².